The third kappa shape index (κ3) is 10.4. The fourth-order valence-electron chi connectivity index (χ4n) is 0.641. The number of hydrogen-bond donors (Lipinski definition) is 0. The van der Waals surface area contributed by atoms with Crippen molar-refractivity contribution in [1.29, 1.82) is 0 Å². The maximum Gasteiger partial charge on any atom is 0.144 e. The van der Waals surface area contributed by atoms with Gasteiger partial charge in [-0.05, 0) is 23.5 Å². The summed E-state index contributed by atoms with van der Waals surface area (Å²) >= 11 is 1.29. The second-order valence-corrected chi connectivity index (χ2v) is 3.53. The lowest BCUT2D eigenvalue weighted by molar-refractivity contribution is -0.402. The first-order chi connectivity index (χ1) is 6.63. The minimum Gasteiger partial charge on any atom is -0.356 e. The summed E-state index contributed by atoms with van der Waals surface area (Å²) in [5.74, 6) is 0. The Kier molecular flexibility index (Phi) is 7.07. The number of nitrogens with zero attached hydrogens (tertiary/aromatic N) is 1. The highest BCUT2D eigenvalue weighted by Crippen LogP contribution is 1.99. The molecule has 0 saturated carbocycles. The zero-order valence-electron chi connectivity index (χ0n) is 7.66. The number of hydrogen-bond acceptors (Lipinski definition) is 3. The Morgan fingerprint density at radius 3 is 2.29 bits per heavy atom. The fraction of sp³-hybridized carbons (Fsp3) is 0.111. The topological polar surface area (TPSA) is 66.2 Å². The maximum absolute atomic E-state index is 8.25. The lowest BCUT2D eigenvalue weighted by atomic mass is 10.4. The van der Waals surface area contributed by atoms with Crippen molar-refractivity contribution in [2.45, 2.75) is 6.92 Å². The predicted molar refractivity (Wildman–Crippen MR) is 58.4 cm³/mol. The predicted octanol–water partition coefficient (Wildman–Crippen LogP) is 2.67. The zero-order chi connectivity index (χ0) is 10.8. The van der Waals surface area contributed by atoms with Crippen LogP contribution in [0.3, 0.4) is 0 Å². The van der Waals surface area contributed by atoms with Gasteiger partial charge in [0.2, 0.25) is 0 Å². The summed E-state index contributed by atoms with van der Waals surface area (Å²) in [5, 5.41) is 16.9. The average molecular weight is 213 g/mol. The van der Waals surface area contributed by atoms with Gasteiger partial charge in [0.25, 0.3) is 0 Å². The molecule has 4 nitrogen and oxygen atoms in total. The molecular formula is C9H11NO3S. The highest BCUT2D eigenvalue weighted by Gasteiger charge is 1.79. The Labute approximate surface area is 85.9 Å². The molecule has 0 aliphatic rings. The van der Waals surface area contributed by atoms with E-state index in [0.717, 1.165) is 0 Å². The summed E-state index contributed by atoms with van der Waals surface area (Å²) in [7, 11) is 0. The number of aryl methyl sites for hydroxylation is 1. The molecule has 1 aromatic heterocycles. The lowest BCUT2D eigenvalue weighted by Crippen LogP contribution is -1.74. The molecule has 1 heterocycles. The molecule has 0 unspecified atom stereocenters. The summed E-state index contributed by atoms with van der Waals surface area (Å²) < 4.78 is 0. The van der Waals surface area contributed by atoms with Crippen LogP contribution in [0.25, 0.3) is 0 Å². The van der Waals surface area contributed by atoms with Crippen LogP contribution < -0.4 is 0 Å². The standard InChI is InChI=1S/C9H10S.NO3/c1-9-7-5-3-2-4-6-8-10-9;2-1(3)4/h2-8H,1H3;/q;-1/p+1. The van der Waals surface area contributed by atoms with Crippen molar-refractivity contribution in [3.63, 3.8) is 0 Å². The van der Waals surface area contributed by atoms with Crippen molar-refractivity contribution in [2.24, 2.45) is 0 Å². The second kappa shape index (κ2) is 8.00. The van der Waals surface area contributed by atoms with E-state index in [1.807, 2.05) is 18.2 Å². The smallest absolute Gasteiger partial charge is 0.144 e. The molecule has 0 amide bonds. The van der Waals surface area contributed by atoms with Gasteiger partial charge in [0, 0.05) is 6.92 Å². The summed E-state index contributed by atoms with van der Waals surface area (Å²) in [6.45, 7) is 2.13. The van der Waals surface area contributed by atoms with Crippen LogP contribution in [0.1, 0.15) is 4.88 Å². The monoisotopic (exact) mass is 213 g/mol. The van der Waals surface area contributed by atoms with Gasteiger partial charge in [-0.1, -0.05) is 24.3 Å². The van der Waals surface area contributed by atoms with Crippen molar-refractivity contribution in [3.8, 4) is 0 Å². The van der Waals surface area contributed by atoms with E-state index in [4.69, 9.17) is 15.3 Å². The first-order valence-electron chi connectivity index (χ1n) is 3.82. The highest BCUT2D eigenvalue weighted by molar-refractivity contribution is 7.09. The normalized spacial score (nSPS) is 7.79. The molecule has 0 radical (unpaired) electrons. The van der Waals surface area contributed by atoms with Crippen LogP contribution in [0.5, 0.6) is 0 Å². The van der Waals surface area contributed by atoms with Gasteiger partial charge < -0.3 is 15.3 Å². The van der Waals surface area contributed by atoms with Crippen LogP contribution in [0.15, 0.2) is 41.8 Å². The molecule has 14 heavy (non-hydrogen) atoms. The van der Waals surface area contributed by atoms with Crippen molar-refractivity contribution >= 4 is 11.3 Å². The number of rotatable bonds is 0. The van der Waals surface area contributed by atoms with Gasteiger partial charge in [-0.15, -0.1) is 0 Å². The molecule has 0 spiro atoms. The minimum atomic E-state index is -1.75. The van der Waals surface area contributed by atoms with Crippen molar-refractivity contribution in [1.82, 2.24) is 0 Å². The molecule has 5 heteroatoms. The van der Waals surface area contributed by atoms with Crippen LogP contribution in [0.4, 0.5) is 0 Å². The maximum atomic E-state index is 8.25. The minimum absolute atomic E-state index is 1.29. The van der Waals surface area contributed by atoms with E-state index in [1.165, 1.54) is 16.2 Å². The van der Waals surface area contributed by atoms with Crippen LogP contribution in [0.2, 0.25) is 0 Å². The van der Waals surface area contributed by atoms with E-state index >= 15 is 0 Å². The highest BCUT2D eigenvalue weighted by atomic mass is 32.1. The van der Waals surface area contributed by atoms with Gasteiger partial charge in [0.05, 0.1) is 5.09 Å². The Bertz CT molecular complexity index is 295. The molecule has 0 fully saturated rings. The summed E-state index contributed by atoms with van der Waals surface area (Å²) in [6, 6.07) is 12.4. The largest absolute Gasteiger partial charge is 0.356 e. The molecule has 0 atom stereocenters. The van der Waals surface area contributed by atoms with Crippen LogP contribution in [-0.4, -0.2) is 5.09 Å². The van der Waals surface area contributed by atoms with E-state index in [2.05, 4.69) is 30.5 Å². The molecule has 0 aromatic carbocycles. The van der Waals surface area contributed by atoms with Gasteiger partial charge in [-0.2, -0.15) is 0 Å². The molecule has 0 N–H and O–H groups in total. The Balaban J connectivity index is 0.000000364. The van der Waals surface area contributed by atoms with Crippen molar-refractivity contribution in [3.05, 3.63) is 62.0 Å². The van der Waals surface area contributed by atoms with E-state index in [1.54, 1.807) is 0 Å². The molecule has 0 bridgehead atoms. The van der Waals surface area contributed by atoms with Crippen LogP contribution in [-0.2, 0) is 0 Å². The van der Waals surface area contributed by atoms with E-state index < -0.39 is 5.09 Å². The van der Waals surface area contributed by atoms with Crippen molar-refractivity contribution < 1.29 is 5.09 Å². The Morgan fingerprint density at radius 1 is 1.14 bits per heavy atom. The third-order valence-electron chi connectivity index (χ3n) is 1.15. The van der Waals surface area contributed by atoms with Gasteiger partial charge in [0.1, 0.15) is 10.3 Å². The molecular weight excluding hydrogens is 202 g/mol. The Morgan fingerprint density at radius 2 is 1.64 bits per heavy atom. The first kappa shape index (κ1) is 12.4. The van der Waals surface area contributed by atoms with Crippen LogP contribution in [0, 0.1) is 22.2 Å². The zero-order valence-corrected chi connectivity index (χ0v) is 8.56. The SMILES string of the molecule is Cc1ccccccc[sH+]1.O=[N+]([O-])[O-]. The summed E-state index contributed by atoms with van der Waals surface area (Å²) in [5.41, 5.74) is 0. The Hall–Kier alpha value is -1.62. The quantitative estimate of drug-likeness (QED) is 0.378. The van der Waals surface area contributed by atoms with Gasteiger partial charge in [0.15, 0.2) is 0 Å². The van der Waals surface area contributed by atoms with Crippen LogP contribution >= 0.6 is 11.3 Å². The molecule has 0 saturated heterocycles. The molecule has 1 aromatic rings. The molecule has 0 aliphatic heterocycles. The molecule has 0 aliphatic carbocycles. The molecule has 76 valence electrons. The van der Waals surface area contributed by atoms with Gasteiger partial charge in [-0.3, -0.25) is 0 Å². The fourth-order valence-corrected chi connectivity index (χ4v) is 1.23. The molecule has 1 rings (SSSR count). The third-order valence-corrected chi connectivity index (χ3v) is 2.02. The van der Waals surface area contributed by atoms with Crippen molar-refractivity contribution in [2.75, 3.05) is 0 Å². The van der Waals surface area contributed by atoms with Gasteiger partial charge >= 0.3 is 0 Å². The average Bonchev–Trinajstić information content (AvgIpc) is 2.17. The first-order valence-corrected chi connectivity index (χ1v) is 4.78. The second-order valence-electron chi connectivity index (χ2n) is 2.27. The van der Waals surface area contributed by atoms with Gasteiger partial charge in [-0.25, -0.2) is 0 Å². The summed E-state index contributed by atoms with van der Waals surface area (Å²) in [6.07, 6.45) is 0. The lowest BCUT2D eigenvalue weighted by Gasteiger charge is -1.74. The van der Waals surface area contributed by atoms with E-state index in [-0.39, 0.29) is 0 Å². The summed E-state index contributed by atoms with van der Waals surface area (Å²) in [4.78, 5) is 9.62. The van der Waals surface area contributed by atoms with E-state index in [0.29, 0.717) is 0 Å². The van der Waals surface area contributed by atoms with E-state index in [9.17, 15) is 0 Å².